The first-order valence-corrected chi connectivity index (χ1v) is 32.2. The maximum absolute atomic E-state index is 13.3. The standard InChI is InChI=1S/C37H20Br2O2S.C37H18Br2OS/c38-27-18-25-33(35-31(27)22-13-5-8-16-29(22)41-35)34-26(19-28(39)32-23-14-6-9-17-30(23)42-36(32)34)37(25,40)24-15-7-4-12-21(24)20-10-2-1-3-11-20;38-27-17-25-33(35-31(27)21-11-3-7-15-29(21)40-35)34-26(18-28(39)32-22-12-4-8-16-30(22)41-36(32)34)37(25)23-13-5-1-9-19(23)20-10-2-6-14-24(20)37/h1-19,40H;1-18H. The molecule has 3 aliphatic rings. The maximum Gasteiger partial charge on any atom is 0.144 e. The fraction of sp³-hybridized carbons (Fsp3) is 0.0270. The van der Waals surface area contributed by atoms with Gasteiger partial charge >= 0.3 is 0 Å². The van der Waals surface area contributed by atoms with Crippen molar-refractivity contribution in [3.63, 3.8) is 0 Å². The van der Waals surface area contributed by atoms with E-state index in [1.807, 2.05) is 59.9 Å². The highest BCUT2D eigenvalue weighted by Gasteiger charge is 2.54. The zero-order valence-corrected chi connectivity index (χ0v) is 51.4. The summed E-state index contributed by atoms with van der Waals surface area (Å²) >= 11 is 19.6. The predicted octanol–water partition coefficient (Wildman–Crippen LogP) is 23.2. The Hall–Kier alpha value is -7.44. The van der Waals surface area contributed by atoms with Crippen LogP contribution in [0.25, 0.3) is 129 Å². The summed E-state index contributed by atoms with van der Waals surface area (Å²) in [6.45, 7) is 0. The van der Waals surface area contributed by atoms with Crippen LogP contribution in [0, 0.1) is 0 Å². The Labute approximate surface area is 516 Å². The van der Waals surface area contributed by atoms with Gasteiger partial charge in [-0.2, -0.15) is 0 Å². The minimum atomic E-state index is -1.43. The van der Waals surface area contributed by atoms with Crippen LogP contribution in [0.15, 0.2) is 251 Å². The average molecular weight is 1360 g/mol. The van der Waals surface area contributed by atoms with Crippen molar-refractivity contribution < 1.29 is 13.9 Å². The molecule has 9 heteroatoms. The van der Waals surface area contributed by atoms with E-state index in [0.29, 0.717) is 0 Å². The summed E-state index contributed by atoms with van der Waals surface area (Å²) in [7, 11) is 0. The molecule has 392 valence electrons. The van der Waals surface area contributed by atoms with Crippen LogP contribution in [-0.2, 0) is 11.0 Å². The molecule has 83 heavy (non-hydrogen) atoms. The molecule has 1 atom stereocenters. The number of aliphatic hydroxyl groups is 1. The summed E-state index contributed by atoms with van der Waals surface area (Å²) in [5, 5.41) is 22.6. The molecule has 0 fully saturated rings. The summed E-state index contributed by atoms with van der Waals surface area (Å²) in [6, 6.07) is 79.3. The van der Waals surface area contributed by atoms with E-state index >= 15 is 0 Å². The molecule has 0 saturated carbocycles. The Morgan fingerprint density at radius 3 is 1.24 bits per heavy atom. The van der Waals surface area contributed by atoms with Gasteiger partial charge in [0, 0.05) is 119 Å². The zero-order chi connectivity index (χ0) is 55.2. The number of thiophene rings is 2. The summed E-state index contributed by atoms with van der Waals surface area (Å²) < 4.78 is 22.5. The van der Waals surface area contributed by atoms with Crippen molar-refractivity contribution in [2.45, 2.75) is 11.0 Å². The van der Waals surface area contributed by atoms with Crippen LogP contribution >= 0.6 is 86.4 Å². The number of hydrogen-bond acceptors (Lipinski definition) is 5. The second kappa shape index (κ2) is 17.8. The maximum atomic E-state index is 13.3. The van der Waals surface area contributed by atoms with Gasteiger partial charge in [-0.3, -0.25) is 0 Å². The first kappa shape index (κ1) is 49.0. The molecule has 1 N–H and O–H groups in total. The van der Waals surface area contributed by atoms with Crippen LogP contribution in [0.5, 0.6) is 0 Å². The highest BCUT2D eigenvalue weighted by Crippen LogP contribution is 2.68. The van der Waals surface area contributed by atoms with Crippen LogP contribution in [0.1, 0.15) is 38.9 Å². The Morgan fingerprint density at radius 2 is 0.699 bits per heavy atom. The van der Waals surface area contributed by atoms with E-state index in [9.17, 15) is 5.11 Å². The zero-order valence-electron chi connectivity index (χ0n) is 43.5. The molecule has 1 unspecified atom stereocenters. The first-order valence-electron chi connectivity index (χ1n) is 27.4. The lowest BCUT2D eigenvalue weighted by molar-refractivity contribution is 0.131. The second-order valence-electron chi connectivity index (χ2n) is 21.8. The monoisotopic (exact) mass is 1350 g/mol. The van der Waals surface area contributed by atoms with Gasteiger partial charge in [0.05, 0.1) is 5.41 Å². The normalized spacial score (nSPS) is 15.2. The average Bonchev–Trinajstić information content (AvgIpc) is 1.53. The predicted molar refractivity (Wildman–Crippen MR) is 360 cm³/mol. The second-order valence-corrected chi connectivity index (χ2v) is 27.3. The topological polar surface area (TPSA) is 46.5 Å². The molecule has 4 aromatic heterocycles. The smallest absolute Gasteiger partial charge is 0.144 e. The van der Waals surface area contributed by atoms with Crippen molar-refractivity contribution >= 4 is 171 Å². The molecule has 19 rings (SSSR count). The van der Waals surface area contributed by atoms with Crippen LogP contribution < -0.4 is 0 Å². The highest BCUT2D eigenvalue weighted by molar-refractivity contribution is 9.11. The van der Waals surface area contributed by atoms with E-state index in [1.54, 1.807) is 11.3 Å². The lowest BCUT2D eigenvalue weighted by atomic mass is 9.70. The van der Waals surface area contributed by atoms with E-state index < -0.39 is 11.0 Å². The van der Waals surface area contributed by atoms with Gasteiger partial charge < -0.3 is 13.9 Å². The number of furan rings is 2. The third kappa shape index (κ3) is 6.41. The molecule has 0 saturated heterocycles. The van der Waals surface area contributed by atoms with Crippen LogP contribution in [0.3, 0.4) is 0 Å². The van der Waals surface area contributed by atoms with E-state index in [4.69, 9.17) is 8.83 Å². The Morgan fingerprint density at radius 1 is 0.325 bits per heavy atom. The van der Waals surface area contributed by atoms with E-state index in [0.717, 1.165) is 111 Å². The Kier molecular flexibility index (Phi) is 10.5. The molecule has 4 heterocycles. The van der Waals surface area contributed by atoms with Crippen LogP contribution in [-0.4, -0.2) is 5.11 Å². The molecular formula is C74H38Br4O3S2. The molecule has 16 aromatic rings. The summed E-state index contributed by atoms with van der Waals surface area (Å²) in [5.74, 6) is 0. The number of hydrogen-bond donors (Lipinski definition) is 1. The number of rotatable bonds is 2. The Bertz CT molecular complexity index is 5250. The molecule has 0 bridgehead atoms. The number of benzene rings is 12. The van der Waals surface area contributed by atoms with Gasteiger partial charge in [0.1, 0.15) is 27.9 Å². The number of halogens is 4. The van der Waals surface area contributed by atoms with Gasteiger partial charge in [0.25, 0.3) is 0 Å². The molecule has 12 aromatic carbocycles. The van der Waals surface area contributed by atoms with Crippen molar-refractivity contribution in [3.8, 4) is 44.5 Å². The third-order valence-corrected chi connectivity index (χ3v) is 22.7. The minimum absolute atomic E-state index is 0.458. The minimum Gasteiger partial charge on any atom is -0.455 e. The molecule has 0 radical (unpaired) electrons. The summed E-state index contributed by atoms with van der Waals surface area (Å²) in [5.41, 5.74) is 18.5. The van der Waals surface area contributed by atoms with E-state index in [1.165, 1.54) is 74.8 Å². The van der Waals surface area contributed by atoms with Crippen molar-refractivity contribution in [1.82, 2.24) is 0 Å². The first-order chi connectivity index (χ1) is 40.7. The van der Waals surface area contributed by atoms with E-state index in [-0.39, 0.29) is 0 Å². The fourth-order valence-electron chi connectivity index (χ4n) is 14.6. The largest absolute Gasteiger partial charge is 0.455 e. The third-order valence-electron chi connectivity index (χ3n) is 17.8. The van der Waals surface area contributed by atoms with Crippen molar-refractivity contribution in [2.75, 3.05) is 0 Å². The van der Waals surface area contributed by atoms with Gasteiger partial charge in [-0.25, -0.2) is 0 Å². The van der Waals surface area contributed by atoms with Gasteiger partial charge in [-0.15, -0.1) is 22.7 Å². The molecule has 1 spiro atoms. The van der Waals surface area contributed by atoms with Crippen molar-refractivity contribution in [2.24, 2.45) is 0 Å². The number of fused-ring (bicyclic) bond motifs is 29. The molecular weight excluding hydrogens is 1320 g/mol. The van der Waals surface area contributed by atoms with Gasteiger partial charge in [-0.05, 0) is 109 Å². The quantitative estimate of drug-likeness (QED) is 0.188. The fourth-order valence-corrected chi connectivity index (χ4v) is 20.0. The molecule has 0 aliphatic heterocycles. The van der Waals surface area contributed by atoms with Gasteiger partial charge in [0.15, 0.2) is 0 Å². The van der Waals surface area contributed by atoms with Crippen LogP contribution in [0.2, 0.25) is 0 Å². The molecule has 3 nitrogen and oxygen atoms in total. The van der Waals surface area contributed by atoms with Gasteiger partial charge in [-0.1, -0.05) is 224 Å². The highest BCUT2D eigenvalue weighted by atomic mass is 79.9. The molecule has 3 aliphatic carbocycles. The Balaban J connectivity index is 0.000000127. The molecule has 0 amide bonds. The van der Waals surface area contributed by atoms with Crippen LogP contribution in [0.4, 0.5) is 0 Å². The summed E-state index contributed by atoms with van der Waals surface area (Å²) in [4.78, 5) is 0. The van der Waals surface area contributed by atoms with Crippen molar-refractivity contribution in [3.05, 3.63) is 281 Å². The number of para-hydroxylation sites is 2. The lowest BCUT2D eigenvalue weighted by Gasteiger charge is -2.30. The SMILES string of the molecule is Brc1cc2c(c3oc4ccccc4c13)-c1c(cc(Br)c3c1sc1ccccc13)C21c2ccccc2-c2ccccc21.OC1(c2ccccc2-c2ccccc2)c2cc(Br)c3c(oc4ccccc43)c2-c2c1cc(Br)c1c2sc2ccccc21. The van der Waals surface area contributed by atoms with Crippen molar-refractivity contribution in [1.29, 1.82) is 0 Å². The van der Waals surface area contributed by atoms with Gasteiger partial charge in [0.2, 0.25) is 0 Å². The summed E-state index contributed by atoms with van der Waals surface area (Å²) in [6.07, 6.45) is 0. The van der Waals surface area contributed by atoms with E-state index in [2.05, 4.69) is 240 Å². The lowest BCUT2D eigenvalue weighted by Crippen LogP contribution is -2.27.